The van der Waals surface area contributed by atoms with Gasteiger partial charge in [-0.25, -0.2) is 17.9 Å². The average Bonchev–Trinajstić information content (AvgIpc) is 2.26. The lowest BCUT2D eigenvalue weighted by atomic mass is 10.2. The van der Waals surface area contributed by atoms with E-state index in [-0.39, 0.29) is 16.5 Å². The SMILES string of the molecule is CNc1ccc(C(=O)O)cc1S(=O)(=O)NC(C)C. The molecule has 0 aliphatic carbocycles. The van der Waals surface area contributed by atoms with Crippen LogP contribution in [0.25, 0.3) is 0 Å². The van der Waals surface area contributed by atoms with E-state index in [1.807, 2.05) is 0 Å². The van der Waals surface area contributed by atoms with E-state index < -0.39 is 16.0 Å². The molecular formula is C11H16N2O4S. The highest BCUT2D eigenvalue weighted by atomic mass is 32.2. The summed E-state index contributed by atoms with van der Waals surface area (Å²) in [5.74, 6) is -1.17. The van der Waals surface area contributed by atoms with E-state index >= 15 is 0 Å². The number of anilines is 1. The second-order valence-corrected chi connectivity index (χ2v) is 5.72. The van der Waals surface area contributed by atoms with Crippen LogP contribution < -0.4 is 10.0 Å². The Kier molecular flexibility index (Phi) is 4.31. The fourth-order valence-corrected chi connectivity index (χ4v) is 2.95. The third-order valence-corrected chi connectivity index (χ3v) is 3.88. The van der Waals surface area contributed by atoms with Crippen LogP contribution in [0, 0.1) is 0 Å². The lowest BCUT2D eigenvalue weighted by Crippen LogP contribution is -2.30. The molecule has 0 aliphatic heterocycles. The number of carbonyl (C=O) groups is 1. The summed E-state index contributed by atoms with van der Waals surface area (Å²) in [6.07, 6.45) is 0. The van der Waals surface area contributed by atoms with Gasteiger partial charge in [0.1, 0.15) is 4.90 Å². The van der Waals surface area contributed by atoms with Gasteiger partial charge in [-0.3, -0.25) is 0 Å². The van der Waals surface area contributed by atoms with Crippen LogP contribution in [-0.2, 0) is 10.0 Å². The molecule has 0 bridgehead atoms. The summed E-state index contributed by atoms with van der Waals surface area (Å²) in [6.45, 7) is 3.38. The zero-order valence-corrected chi connectivity index (χ0v) is 11.2. The first-order valence-electron chi connectivity index (χ1n) is 5.35. The number of hydrogen-bond acceptors (Lipinski definition) is 4. The Bertz CT molecular complexity index is 552. The standard InChI is InChI=1S/C11H16N2O4S/c1-7(2)13-18(16,17)10-6-8(11(14)15)4-5-9(10)12-3/h4-7,12-13H,1-3H3,(H,14,15). The number of nitrogens with one attached hydrogen (secondary N) is 2. The second kappa shape index (κ2) is 5.36. The predicted octanol–water partition coefficient (Wildman–Crippen LogP) is 1.11. The van der Waals surface area contributed by atoms with E-state index in [0.29, 0.717) is 5.69 Å². The van der Waals surface area contributed by atoms with Crippen molar-refractivity contribution >= 4 is 21.7 Å². The zero-order chi connectivity index (χ0) is 13.9. The van der Waals surface area contributed by atoms with Gasteiger partial charge in [0.2, 0.25) is 10.0 Å². The van der Waals surface area contributed by atoms with Crippen molar-refractivity contribution in [2.45, 2.75) is 24.8 Å². The summed E-state index contributed by atoms with van der Waals surface area (Å²) in [5.41, 5.74) is 0.284. The normalized spacial score (nSPS) is 11.6. The molecule has 0 aromatic heterocycles. The van der Waals surface area contributed by atoms with Crippen LogP contribution in [0.2, 0.25) is 0 Å². The van der Waals surface area contributed by atoms with E-state index in [0.717, 1.165) is 6.07 Å². The van der Waals surface area contributed by atoms with Gasteiger partial charge in [0.05, 0.1) is 11.3 Å². The Hall–Kier alpha value is -1.60. The highest BCUT2D eigenvalue weighted by molar-refractivity contribution is 7.89. The molecule has 1 rings (SSSR count). The summed E-state index contributed by atoms with van der Waals surface area (Å²) in [4.78, 5) is 10.8. The van der Waals surface area contributed by atoms with Crippen molar-refractivity contribution in [3.05, 3.63) is 23.8 Å². The first-order chi connectivity index (χ1) is 8.27. The Morgan fingerprint density at radius 2 is 1.94 bits per heavy atom. The molecule has 0 heterocycles. The molecule has 0 saturated heterocycles. The molecule has 7 heteroatoms. The average molecular weight is 272 g/mol. The molecule has 18 heavy (non-hydrogen) atoms. The molecule has 0 spiro atoms. The van der Waals surface area contributed by atoms with Gasteiger partial charge < -0.3 is 10.4 Å². The van der Waals surface area contributed by atoms with Gasteiger partial charge in [-0.2, -0.15) is 0 Å². The fraction of sp³-hybridized carbons (Fsp3) is 0.364. The zero-order valence-electron chi connectivity index (χ0n) is 10.4. The highest BCUT2D eigenvalue weighted by Gasteiger charge is 2.21. The van der Waals surface area contributed by atoms with E-state index in [2.05, 4.69) is 10.0 Å². The molecule has 0 fully saturated rings. The van der Waals surface area contributed by atoms with Gasteiger partial charge in [0.25, 0.3) is 0 Å². The Morgan fingerprint density at radius 1 is 1.33 bits per heavy atom. The van der Waals surface area contributed by atoms with Crippen molar-refractivity contribution in [1.29, 1.82) is 0 Å². The monoisotopic (exact) mass is 272 g/mol. The lowest BCUT2D eigenvalue weighted by Gasteiger charge is -2.13. The van der Waals surface area contributed by atoms with E-state index in [4.69, 9.17) is 5.11 Å². The van der Waals surface area contributed by atoms with Crippen LogP contribution in [0.3, 0.4) is 0 Å². The number of sulfonamides is 1. The number of rotatable bonds is 5. The Morgan fingerprint density at radius 3 is 2.39 bits per heavy atom. The van der Waals surface area contributed by atoms with Gasteiger partial charge in [-0.1, -0.05) is 0 Å². The lowest BCUT2D eigenvalue weighted by molar-refractivity contribution is 0.0696. The molecule has 0 saturated carbocycles. The molecule has 0 aliphatic rings. The van der Waals surface area contributed by atoms with Gasteiger partial charge in [0, 0.05) is 13.1 Å². The van der Waals surface area contributed by atoms with Crippen LogP contribution in [0.15, 0.2) is 23.1 Å². The molecule has 6 nitrogen and oxygen atoms in total. The van der Waals surface area contributed by atoms with Gasteiger partial charge >= 0.3 is 5.97 Å². The van der Waals surface area contributed by atoms with Crippen LogP contribution in [0.5, 0.6) is 0 Å². The molecular weight excluding hydrogens is 256 g/mol. The van der Waals surface area contributed by atoms with Crippen molar-refractivity contribution in [2.75, 3.05) is 12.4 Å². The summed E-state index contributed by atoms with van der Waals surface area (Å²) < 4.78 is 26.5. The molecule has 3 N–H and O–H groups in total. The fourth-order valence-electron chi connectivity index (χ4n) is 1.46. The minimum Gasteiger partial charge on any atom is -0.478 e. The van der Waals surface area contributed by atoms with Crippen molar-refractivity contribution in [3.63, 3.8) is 0 Å². The summed E-state index contributed by atoms with van der Waals surface area (Å²) in [5, 5.41) is 11.6. The molecule has 0 amide bonds. The van der Waals surface area contributed by atoms with E-state index in [1.165, 1.54) is 12.1 Å². The van der Waals surface area contributed by atoms with Crippen molar-refractivity contribution in [2.24, 2.45) is 0 Å². The highest BCUT2D eigenvalue weighted by Crippen LogP contribution is 2.22. The minimum absolute atomic E-state index is 0.0707. The van der Waals surface area contributed by atoms with Crippen LogP contribution >= 0.6 is 0 Å². The molecule has 0 atom stereocenters. The number of benzene rings is 1. The first-order valence-corrected chi connectivity index (χ1v) is 6.83. The molecule has 1 aromatic rings. The molecule has 0 unspecified atom stereocenters. The van der Waals surface area contributed by atoms with Crippen molar-refractivity contribution < 1.29 is 18.3 Å². The maximum Gasteiger partial charge on any atom is 0.335 e. The molecule has 0 radical (unpaired) electrons. The largest absolute Gasteiger partial charge is 0.478 e. The number of carboxylic acid groups (broad SMARTS) is 1. The summed E-state index contributed by atoms with van der Waals surface area (Å²) in [6, 6.07) is 3.65. The smallest absolute Gasteiger partial charge is 0.335 e. The molecule has 1 aromatic carbocycles. The van der Waals surface area contributed by atoms with Crippen LogP contribution in [0.1, 0.15) is 24.2 Å². The van der Waals surface area contributed by atoms with Gasteiger partial charge in [-0.05, 0) is 32.0 Å². The van der Waals surface area contributed by atoms with E-state index in [1.54, 1.807) is 20.9 Å². The third kappa shape index (κ3) is 3.21. The first kappa shape index (κ1) is 14.5. The minimum atomic E-state index is -3.73. The summed E-state index contributed by atoms with van der Waals surface area (Å²) >= 11 is 0. The predicted molar refractivity (Wildman–Crippen MR) is 68.4 cm³/mol. The Balaban J connectivity index is 3.36. The van der Waals surface area contributed by atoms with Crippen LogP contribution in [-0.4, -0.2) is 32.6 Å². The van der Waals surface area contributed by atoms with E-state index in [9.17, 15) is 13.2 Å². The molecule has 100 valence electrons. The number of carboxylic acids is 1. The number of aromatic carboxylic acids is 1. The van der Waals surface area contributed by atoms with Crippen molar-refractivity contribution in [1.82, 2.24) is 4.72 Å². The third-order valence-electron chi connectivity index (χ3n) is 2.18. The van der Waals surface area contributed by atoms with Crippen LogP contribution in [0.4, 0.5) is 5.69 Å². The number of hydrogen-bond donors (Lipinski definition) is 3. The second-order valence-electron chi connectivity index (χ2n) is 4.04. The summed E-state index contributed by atoms with van der Waals surface area (Å²) in [7, 11) is -2.16. The topological polar surface area (TPSA) is 95.5 Å². The van der Waals surface area contributed by atoms with Gasteiger partial charge in [-0.15, -0.1) is 0 Å². The quantitative estimate of drug-likeness (QED) is 0.746. The van der Waals surface area contributed by atoms with Crippen molar-refractivity contribution in [3.8, 4) is 0 Å². The maximum absolute atomic E-state index is 12.1. The van der Waals surface area contributed by atoms with Gasteiger partial charge in [0.15, 0.2) is 0 Å². The maximum atomic E-state index is 12.1. The Labute approximate surface area is 106 Å².